The maximum Gasteiger partial charge on any atom is 0.239 e. The number of thiophene rings is 1. The minimum absolute atomic E-state index is 0.444. The third kappa shape index (κ3) is 4.36. The highest BCUT2D eigenvalue weighted by atomic mass is 32.1. The fourth-order valence-corrected chi connectivity index (χ4v) is 2.82. The molecule has 0 fully saturated rings. The lowest BCUT2D eigenvalue weighted by Gasteiger charge is -2.12. The number of nitrogens with two attached hydrogens (primary N) is 1. The number of pyridine rings is 1. The molecule has 0 amide bonds. The van der Waals surface area contributed by atoms with Gasteiger partial charge in [0, 0.05) is 9.75 Å². The summed E-state index contributed by atoms with van der Waals surface area (Å²) in [4.78, 5) is 7.09. The Labute approximate surface area is 130 Å². The van der Waals surface area contributed by atoms with E-state index in [1.54, 1.807) is 0 Å². The van der Waals surface area contributed by atoms with E-state index in [-0.39, 0.29) is 0 Å². The summed E-state index contributed by atoms with van der Waals surface area (Å²) in [5.74, 6) is 1.73. The molecule has 0 unspecified atom stereocenters. The molecule has 0 radical (unpaired) electrons. The van der Waals surface area contributed by atoms with Crippen LogP contribution in [0, 0.1) is 19.8 Å². The van der Waals surface area contributed by atoms with Crippen molar-refractivity contribution < 1.29 is 4.74 Å². The molecule has 4 nitrogen and oxygen atoms in total. The summed E-state index contributed by atoms with van der Waals surface area (Å²) in [5, 5.41) is 3.32. The number of nitrogen functional groups attached to an aromatic ring is 1. The molecule has 114 valence electrons. The second-order valence-corrected chi connectivity index (χ2v) is 6.94. The first-order valence-electron chi connectivity index (χ1n) is 7.15. The van der Waals surface area contributed by atoms with Crippen molar-refractivity contribution in [3.05, 3.63) is 33.5 Å². The molecule has 0 saturated carbocycles. The first-order valence-corrected chi connectivity index (χ1v) is 7.96. The Balaban J connectivity index is 2.01. The number of hydrogen-bond acceptors (Lipinski definition) is 5. The molecule has 0 aliphatic carbocycles. The Morgan fingerprint density at radius 2 is 2.10 bits per heavy atom. The monoisotopic (exact) mass is 305 g/mol. The number of nitrogens with zero attached hydrogens (tertiary/aromatic N) is 1. The van der Waals surface area contributed by atoms with Gasteiger partial charge >= 0.3 is 0 Å². The highest BCUT2D eigenvalue weighted by Gasteiger charge is 2.07. The predicted molar refractivity (Wildman–Crippen MR) is 90.1 cm³/mol. The van der Waals surface area contributed by atoms with Crippen LogP contribution in [0.1, 0.15) is 29.2 Å². The van der Waals surface area contributed by atoms with Crippen molar-refractivity contribution in [1.29, 1.82) is 0 Å². The van der Waals surface area contributed by atoms with E-state index in [4.69, 9.17) is 10.5 Å². The first-order chi connectivity index (χ1) is 9.95. The smallest absolute Gasteiger partial charge is 0.239 e. The SMILES string of the molecule is Cc1cc(CNc2ccc(N)c(OCC(C)C)n2)sc1C. The van der Waals surface area contributed by atoms with Crippen molar-refractivity contribution in [1.82, 2.24) is 4.98 Å². The zero-order chi connectivity index (χ0) is 15.4. The van der Waals surface area contributed by atoms with Crippen molar-refractivity contribution in [2.45, 2.75) is 34.2 Å². The Morgan fingerprint density at radius 3 is 2.71 bits per heavy atom. The van der Waals surface area contributed by atoms with Gasteiger partial charge < -0.3 is 15.8 Å². The third-order valence-electron chi connectivity index (χ3n) is 3.10. The summed E-state index contributed by atoms with van der Waals surface area (Å²) >= 11 is 1.81. The van der Waals surface area contributed by atoms with Crippen molar-refractivity contribution in [3.63, 3.8) is 0 Å². The first kappa shape index (κ1) is 15.6. The van der Waals surface area contributed by atoms with Gasteiger partial charge in [0.15, 0.2) is 0 Å². The summed E-state index contributed by atoms with van der Waals surface area (Å²) in [5.41, 5.74) is 7.80. The Kier molecular flexibility index (Phi) is 5.07. The fourth-order valence-electron chi connectivity index (χ4n) is 1.83. The van der Waals surface area contributed by atoms with E-state index in [1.165, 1.54) is 15.3 Å². The molecule has 0 atom stereocenters. The van der Waals surface area contributed by atoms with Gasteiger partial charge in [0.1, 0.15) is 5.82 Å². The van der Waals surface area contributed by atoms with E-state index < -0.39 is 0 Å². The molecule has 0 aliphatic heterocycles. The van der Waals surface area contributed by atoms with Crippen LogP contribution in [0.15, 0.2) is 18.2 Å². The van der Waals surface area contributed by atoms with Gasteiger partial charge in [-0.05, 0) is 43.5 Å². The van der Waals surface area contributed by atoms with Crippen LogP contribution < -0.4 is 15.8 Å². The summed E-state index contributed by atoms with van der Waals surface area (Å²) in [7, 11) is 0. The molecule has 0 bridgehead atoms. The number of anilines is 2. The van der Waals surface area contributed by atoms with Crippen LogP contribution in [0.4, 0.5) is 11.5 Å². The van der Waals surface area contributed by atoms with Crippen LogP contribution in [0.3, 0.4) is 0 Å². The minimum atomic E-state index is 0.444. The Hall–Kier alpha value is -1.75. The van der Waals surface area contributed by atoms with Gasteiger partial charge in [0.25, 0.3) is 0 Å². The zero-order valence-electron chi connectivity index (χ0n) is 13.1. The Morgan fingerprint density at radius 1 is 1.33 bits per heavy atom. The fraction of sp³-hybridized carbons (Fsp3) is 0.438. The second-order valence-electron chi connectivity index (χ2n) is 5.60. The molecule has 0 saturated heterocycles. The highest BCUT2D eigenvalue weighted by Crippen LogP contribution is 2.24. The van der Waals surface area contributed by atoms with E-state index in [0.717, 1.165) is 12.4 Å². The molecular formula is C16H23N3OS. The normalized spacial score (nSPS) is 10.9. The summed E-state index contributed by atoms with van der Waals surface area (Å²) < 4.78 is 5.64. The minimum Gasteiger partial charge on any atom is -0.476 e. The summed E-state index contributed by atoms with van der Waals surface area (Å²) in [6, 6.07) is 5.92. The number of aryl methyl sites for hydroxylation is 2. The largest absolute Gasteiger partial charge is 0.476 e. The number of nitrogens with one attached hydrogen (secondary N) is 1. The van der Waals surface area contributed by atoms with Gasteiger partial charge in [0.2, 0.25) is 5.88 Å². The van der Waals surface area contributed by atoms with Crippen molar-refractivity contribution in [2.24, 2.45) is 5.92 Å². The van der Waals surface area contributed by atoms with E-state index in [9.17, 15) is 0 Å². The average Bonchev–Trinajstić information content (AvgIpc) is 2.75. The van der Waals surface area contributed by atoms with Crippen LogP contribution in [0.2, 0.25) is 0 Å². The number of rotatable bonds is 6. The van der Waals surface area contributed by atoms with Crippen LogP contribution in [-0.2, 0) is 6.54 Å². The van der Waals surface area contributed by atoms with Gasteiger partial charge in [-0.3, -0.25) is 0 Å². The molecule has 2 heterocycles. The molecule has 0 spiro atoms. The second kappa shape index (κ2) is 6.80. The molecule has 2 aromatic rings. The molecule has 0 aliphatic rings. The van der Waals surface area contributed by atoms with E-state index in [1.807, 2.05) is 23.5 Å². The Bertz CT molecular complexity index is 588. The third-order valence-corrected chi connectivity index (χ3v) is 4.26. The van der Waals surface area contributed by atoms with Crippen LogP contribution >= 0.6 is 11.3 Å². The van der Waals surface area contributed by atoms with Crippen LogP contribution in [-0.4, -0.2) is 11.6 Å². The van der Waals surface area contributed by atoms with Gasteiger partial charge in [-0.15, -0.1) is 11.3 Å². The topological polar surface area (TPSA) is 60.2 Å². The molecule has 3 N–H and O–H groups in total. The zero-order valence-corrected chi connectivity index (χ0v) is 13.9. The molecule has 2 aromatic heterocycles. The van der Waals surface area contributed by atoms with E-state index >= 15 is 0 Å². The number of ether oxygens (including phenoxy) is 1. The van der Waals surface area contributed by atoms with Crippen molar-refractivity contribution in [2.75, 3.05) is 17.7 Å². The molecule has 21 heavy (non-hydrogen) atoms. The molecule has 5 heteroatoms. The lowest BCUT2D eigenvalue weighted by atomic mass is 10.2. The maximum atomic E-state index is 5.89. The average molecular weight is 305 g/mol. The van der Waals surface area contributed by atoms with E-state index in [2.05, 4.69) is 44.1 Å². The highest BCUT2D eigenvalue weighted by molar-refractivity contribution is 7.12. The number of hydrogen-bond donors (Lipinski definition) is 2. The van der Waals surface area contributed by atoms with Crippen LogP contribution in [0.5, 0.6) is 5.88 Å². The van der Waals surface area contributed by atoms with Gasteiger partial charge in [-0.2, -0.15) is 4.98 Å². The van der Waals surface area contributed by atoms with Gasteiger partial charge in [-0.1, -0.05) is 13.8 Å². The van der Waals surface area contributed by atoms with Gasteiger partial charge in [0.05, 0.1) is 18.8 Å². The standard InChI is InChI=1S/C16H23N3OS/c1-10(2)9-20-16-14(17)5-6-15(19-16)18-8-13-7-11(3)12(4)21-13/h5-7,10H,8-9,17H2,1-4H3,(H,18,19). The maximum absolute atomic E-state index is 5.89. The van der Waals surface area contributed by atoms with Crippen molar-refractivity contribution >= 4 is 22.8 Å². The molecule has 0 aromatic carbocycles. The summed E-state index contributed by atoms with van der Waals surface area (Å²) in [6.07, 6.45) is 0. The molecular weight excluding hydrogens is 282 g/mol. The number of aromatic nitrogens is 1. The molecule has 2 rings (SSSR count). The lowest BCUT2D eigenvalue weighted by Crippen LogP contribution is -2.09. The quantitative estimate of drug-likeness (QED) is 0.847. The lowest BCUT2D eigenvalue weighted by molar-refractivity contribution is 0.263. The van der Waals surface area contributed by atoms with Crippen LogP contribution in [0.25, 0.3) is 0 Å². The van der Waals surface area contributed by atoms with Crippen molar-refractivity contribution in [3.8, 4) is 5.88 Å². The van der Waals surface area contributed by atoms with Gasteiger partial charge in [-0.25, -0.2) is 0 Å². The van der Waals surface area contributed by atoms with E-state index in [0.29, 0.717) is 24.1 Å². The predicted octanol–water partition coefficient (Wildman–Crippen LogP) is 3.99. The summed E-state index contributed by atoms with van der Waals surface area (Å²) in [6.45, 7) is 9.85.